The van der Waals surface area contributed by atoms with Gasteiger partial charge in [-0.3, -0.25) is 0 Å². The molecule has 3 N–H and O–H groups in total. The highest BCUT2D eigenvalue weighted by atomic mass is 16.5. The minimum atomic E-state index is -0.869. The Labute approximate surface area is 90.0 Å². The molecule has 0 radical (unpaired) electrons. The molecule has 0 aliphatic heterocycles. The van der Waals surface area contributed by atoms with E-state index in [1.165, 1.54) is 0 Å². The largest absolute Gasteiger partial charge is 0.469 e. The quantitative estimate of drug-likeness (QED) is 0.707. The van der Waals surface area contributed by atoms with E-state index in [0.717, 1.165) is 12.2 Å². The van der Waals surface area contributed by atoms with Crippen LogP contribution in [-0.4, -0.2) is 31.0 Å². The number of hydrogen-bond donors (Lipinski definition) is 2. The molecule has 4 nitrogen and oxygen atoms in total. The number of aliphatic hydroxyl groups is 1. The third kappa shape index (κ3) is 4.03. The van der Waals surface area contributed by atoms with E-state index >= 15 is 0 Å². The van der Waals surface area contributed by atoms with E-state index < -0.39 is 5.60 Å². The fraction of sp³-hybridized carbons (Fsp3) is 0.636. The van der Waals surface area contributed by atoms with Crippen molar-refractivity contribution in [2.45, 2.75) is 24.9 Å². The Bertz CT molecular complexity index is 261. The van der Waals surface area contributed by atoms with E-state index in [9.17, 15) is 5.11 Å². The van der Waals surface area contributed by atoms with Crippen LogP contribution in [0.15, 0.2) is 22.8 Å². The predicted octanol–water partition coefficient (Wildman–Crippen LogP) is 0.939. The van der Waals surface area contributed by atoms with E-state index in [2.05, 4.69) is 0 Å². The molecule has 0 bridgehead atoms. The summed E-state index contributed by atoms with van der Waals surface area (Å²) < 4.78 is 10.2. The second-order valence-electron chi connectivity index (χ2n) is 3.81. The van der Waals surface area contributed by atoms with Gasteiger partial charge in [0, 0.05) is 13.5 Å². The van der Waals surface area contributed by atoms with Crippen LogP contribution in [-0.2, 0) is 11.2 Å². The molecule has 1 rings (SSSR count). The average Bonchev–Trinajstić information content (AvgIpc) is 2.68. The third-order valence-electron chi connectivity index (χ3n) is 2.34. The SMILES string of the molecule is COCC(O)(CCCN)Cc1ccco1. The van der Waals surface area contributed by atoms with Crippen molar-refractivity contribution in [1.29, 1.82) is 0 Å². The van der Waals surface area contributed by atoms with Crippen LogP contribution in [0.5, 0.6) is 0 Å². The first kappa shape index (κ1) is 12.2. The fourth-order valence-electron chi connectivity index (χ4n) is 1.65. The molecule has 4 heteroatoms. The van der Waals surface area contributed by atoms with Crippen LogP contribution in [0.3, 0.4) is 0 Å². The molecule has 1 aromatic rings. The van der Waals surface area contributed by atoms with E-state index in [-0.39, 0.29) is 0 Å². The molecule has 0 amide bonds. The summed E-state index contributed by atoms with van der Waals surface area (Å²) in [5.41, 5.74) is 4.56. The Balaban J connectivity index is 2.55. The molecule has 0 saturated carbocycles. The Morgan fingerprint density at radius 3 is 2.93 bits per heavy atom. The zero-order valence-corrected chi connectivity index (χ0v) is 9.11. The van der Waals surface area contributed by atoms with E-state index in [1.807, 2.05) is 12.1 Å². The number of hydrogen-bond acceptors (Lipinski definition) is 4. The van der Waals surface area contributed by atoms with Crippen LogP contribution in [0.1, 0.15) is 18.6 Å². The Kier molecular flexibility index (Phi) is 4.81. The van der Waals surface area contributed by atoms with Gasteiger partial charge in [0.15, 0.2) is 0 Å². The maximum atomic E-state index is 10.3. The van der Waals surface area contributed by atoms with Crippen molar-refractivity contribution in [3.8, 4) is 0 Å². The highest BCUT2D eigenvalue weighted by Crippen LogP contribution is 2.19. The number of furan rings is 1. The van der Waals surface area contributed by atoms with Crippen LogP contribution < -0.4 is 5.73 Å². The van der Waals surface area contributed by atoms with Crippen molar-refractivity contribution in [2.75, 3.05) is 20.3 Å². The van der Waals surface area contributed by atoms with Gasteiger partial charge in [-0.2, -0.15) is 0 Å². The van der Waals surface area contributed by atoms with Crippen molar-refractivity contribution < 1.29 is 14.3 Å². The normalized spacial score (nSPS) is 15.1. The number of rotatable bonds is 7. The highest BCUT2D eigenvalue weighted by molar-refractivity contribution is 5.03. The van der Waals surface area contributed by atoms with Gasteiger partial charge >= 0.3 is 0 Å². The third-order valence-corrected chi connectivity index (χ3v) is 2.34. The zero-order chi connectivity index (χ0) is 11.1. The maximum absolute atomic E-state index is 10.3. The van der Waals surface area contributed by atoms with Gasteiger partial charge in [-0.05, 0) is 31.5 Å². The minimum absolute atomic E-state index is 0.299. The topological polar surface area (TPSA) is 68.6 Å². The van der Waals surface area contributed by atoms with Crippen LogP contribution in [0.4, 0.5) is 0 Å². The number of methoxy groups -OCH3 is 1. The van der Waals surface area contributed by atoms with Crippen LogP contribution in [0, 0.1) is 0 Å². The zero-order valence-electron chi connectivity index (χ0n) is 9.11. The van der Waals surface area contributed by atoms with Crippen LogP contribution in [0.2, 0.25) is 0 Å². The van der Waals surface area contributed by atoms with Crippen molar-refractivity contribution in [3.05, 3.63) is 24.2 Å². The summed E-state index contributed by atoms with van der Waals surface area (Å²) in [5, 5.41) is 10.3. The summed E-state index contributed by atoms with van der Waals surface area (Å²) in [7, 11) is 1.58. The molecule has 1 heterocycles. The second-order valence-corrected chi connectivity index (χ2v) is 3.81. The summed E-state index contributed by atoms with van der Waals surface area (Å²) >= 11 is 0. The summed E-state index contributed by atoms with van der Waals surface area (Å²) in [6.07, 6.45) is 3.47. The van der Waals surface area contributed by atoms with E-state index in [4.69, 9.17) is 14.9 Å². The Morgan fingerprint density at radius 1 is 1.60 bits per heavy atom. The molecule has 0 aromatic carbocycles. The fourth-order valence-corrected chi connectivity index (χ4v) is 1.65. The van der Waals surface area contributed by atoms with Crippen molar-refractivity contribution in [3.63, 3.8) is 0 Å². The summed E-state index contributed by atoms with van der Waals surface area (Å²) in [4.78, 5) is 0. The molecule has 86 valence electrons. The molecule has 1 aromatic heterocycles. The van der Waals surface area contributed by atoms with Gasteiger partial charge in [-0.25, -0.2) is 0 Å². The van der Waals surface area contributed by atoms with E-state index in [1.54, 1.807) is 13.4 Å². The molecular formula is C11H19NO3. The molecule has 0 aliphatic carbocycles. The molecule has 1 atom stereocenters. The highest BCUT2D eigenvalue weighted by Gasteiger charge is 2.27. The first-order valence-electron chi connectivity index (χ1n) is 5.14. The average molecular weight is 213 g/mol. The van der Waals surface area contributed by atoms with Crippen molar-refractivity contribution >= 4 is 0 Å². The van der Waals surface area contributed by atoms with Crippen molar-refractivity contribution in [1.82, 2.24) is 0 Å². The molecule has 0 aliphatic rings. The molecular weight excluding hydrogens is 194 g/mol. The van der Waals surface area contributed by atoms with Gasteiger partial charge < -0.3 is 20.0 Å². The standard InChI is InChI=1S/C11H19NO3/c1-14-9-11(13,5-3-6-12)8-10-4-2-7-15-10/h2,4,7,13H,3,5-6,8-9,12H2,1H3. The van der Waals surface area contributed by atoms with Gasteiger partial charge in [-0.1, -0.05) is 0 Å². The Morgan fingerprint density at radius 2 is 2.40 bits per heavy atom. The predicted molar refractivity (Wildman–Crippen MR) is 57.5 cm³/mol. The van der Waals surface area contributed by atoms with Gasteiger partial charge in [-0.15, -0.1) is 0 Å². The lowest BCUT2D eigenvalue weighted by molar-refractivity contribution is -0.0405. The van der Waals surface area contributed by atoms with Crippen LogP contribution >= 0.6 is 0 Å². The monoisotopic (exact) mass is 213 g/mol. The summed E-state index contributed by atoms with van der Waals surface area (Å²) in [5.74, 6) is 0.770. The molecule has 0 saturated heterocycles. The maximum Gasteiger partial charge on any atom is 0.106 e. The number of ether oxygens (including phenoxy) is 1. The van der Waals surface area contributed by atoms with E-state index in [0.29, 0.717) is 26.0 Å². The molecule has 15 heavy (non-hydrogen) atoms. The van der Waals surface area contributed by atoms with Crippen molar-refractivity contribution in [2.24, 2.45) is 5.73 Å². The smallest absolute Gasteiger partial charge is 0.106 e. The first-order chi connectivity index (χ1) is 7.20. The van der Waals surface area contributed by atoms with Crippen LogP contribution in [0.25, 0.3) is 0 Å². The van der Waals surface area contributed by atoms with Gasteiger partial charge in [0.25, 0.3) is 0 Å². The minimum Gasteiger partial charge on any atom is -0.469 e. The molecule has 0 fully saturated rings. The van der Waals surface area contributed by atoms with Gasteiger partial charge in [0.1, 0.15) is 5.76 Å². The lowest BCUT2D eigenvalue weighted by Crippen LogP contribution is -2.37. The number of nitrogens with two attached hydrogens (primary N) is 1. The van der Waals surface area contributed by atoms with Gasteiger partial charge in [0.2, 0.25) is 0 Å². The summed E-state index contributed by atoms with van der Waals surface area (Å²) in [6.45, 7) is 0.873. The summed E-state index contributed by atoms with van der Waals surface area (Å²) in [6, 6.07) is 3.66. The molecule has 0 spiro atoms. The second kappa shape index (κ2) is 5.90. The Hall–Kier alpha value is -0.840. The van der Waals surface area contributed by atoms with Gasteiger partial charge in [0.05, 0.1) is 18.5 Å². The molecule has 1 unspecified atom stereocenters. The lowest BCUT2D eigenvalue weighted by Gasteiger charge is -2.26. The first-order valence-corrected chi connectivity index (χ1v) is 5.14. The lowest BCUT2D eigenvalue weighted by atomic mass is 9.93.